The Bertz CT molecular complexity index is 564. The highest BCUT2D eigenvalue weighted by Gasteiger charge is 2.08. The van der Waals surface area contributed by atoms with Gasteiger partial charge in [-0.05, 0) is 19.9 Å². The van der Waals surface area contributed by atoms with Crippen LogP contribution in [0.1, 0.15) is 36.7 Å². The molecule has 5 nitrogen and oxygen atoms in total. The summed E-state index contributed by atoms with van der Waals surface area (Å²) in [5, 5.41) is 7.15. The molecule has 1 N–H and O–H groups in total. The van der Waals surface area contributed by atoms with Crippen molar-refractivity contribution < 1.29 is 9.26 Å². The molecule has 0 unspecified atom stereocenters. The average molecular weight is 275 g/mol. The number of nitrogens with one attached hydrogen (secondary N) is 1. The lowest BCUT2D eigenvalue weighted by Gasteiger charge is -2.13. The van der Waals surface area contributed by atoms with E-state index < -0.39 is 0 Å². The third-order valence-electron chi connectivity index (χ3n) is 2.84. The minimum atomic E-state index is 0.290. The van der Waals surface area contributed by atoms with Gasteiger partial charge in [-0.15, -0.1) is 0 Å². The van der Waals surface area contributed by atoms with Crippen molar-refractivity contribution in [1.29, 1.82) is 0 Å². The first kappa shape index (κ1) is 14.5. The number of ether oxygens (including phenoxy) is 1. The minimum Gasteiger partial charge on any atom is -0.483 e. The molecule has 2 rings (SSSR count). The number of aryl methyl sites for hydroxylation is 2. The number of hydrogen-bond acceptors (Lipinski definition) is 5. The molecule has 1 aromatic carbocycles. The second-order valence-electron chi connectivity index (χ2n) is 5.17. The third kappa shape index (κ3) is 4.06. The van der Waals surface area contributed by atoms with Crippen molar-refractivity contribution >= 4 is 0 Å². The van der Waals surface area contributed by atoms with E-state index in [1.165, 1.54) is 5.56 Å². The summed E-state index contributed by atoms with van der Waals surface area (Å²) in [5.41, 5.74) is 2.35. The Morgan fingerprint density at radius 3 is 2.75 bits per heavy atom. The van der Waals surface area contributed by atoms with Gasteiger partial charge in [0.1, 0.15) is 5.75 Å². The van der Waals surface area contributed by atoms with Gasteiger partial charge in [0.25, 0.3) is 5.89 Å². The van der Waals surface area contributed by atoms with E-state index >= 15 is 0 Å². The summed E-state index contributed by atoms with van der Waals surface area (Å²) in [4.78, 5) is 4.13. The standard InChI is InChI=1S/C15H21N3O2/c1-10(2)16-8-13-7-11(3)5-6-14(13)19-9-15-17-12(4)18-20-15/h5-7,10,16H,8-9H2,1-4H3. The van der Waals surface area contributed by atoms with Gasteiger partial charge in [-0.2, -0.15) is 4.98 Å². The van der Waals surface area contributed by atoms with Gasteiger partial charge in [-0.1, -0.05) is 36.7 Å². The minimum absolute atomic E-state index is 0.290. The fourth-order valence-electron chi connectivity index (χ4n) is 1.84. The maximum absolute atomic E-state index is 5.79. The van der Waals surface area contributed by atoms with Crippen LogP contribution < -0.4 is 10.1 Å². The summed E-state index contributed by atoms with van der Waals surface area (Å²) in [7, 11) is 0. The van der Waals surface area contributed by atoms with Crippen molar-refractivity contribution in [2.24, 2.45) is 0 Å². The van der Waals surface area contributed by atoms with E-state index in [0.29, 0.717) is 24.4 Å². The highest BCUT2D eigenvalue weighted by molar-refractivity contribution is 5.36. The molecule has 0 aliphatic heterocycles. The number of benzene rings is 1. The molecule has 0 saturated carbocycles. The highest BCUT2D eigenvalue weighted by atomic mass is 16.5. The van der Waals surface area contributed by atoms with Crippen LogP contribution in [-0.4, -0.2) is 16.2 Å². The lowest BCUT2D eigenvalue weighted by molar-refractivity contribution is 0.240. The van der Waals surface area contributed by atoms with Gasteiger partial charge in [0.05, 0.1) is 0 Å². The van der Waals surface area contributed by atoms with Crippen LogP contribution in [-0.2, 0) is 13.2 Å². The van der Waals surface area contributed by atoms with E-state index in [1.54, 1.807) is 6.92 Å². The average Bonchev–Trinajstić information content (AvgIpc) is 2.81. The Hall–Kier alpha value is -1.88. The molecular formula is C15H21N3O2. The first-order valence-corrected chi connectivity index (χ1v) is 6.79. The van der Waals surface area contributed by atoms with Crippen LogP contribution in [0.2, 0.25) is 0 Å². The van der Waals surface area contributed by atoms with E-state index in [0.717, 1.165) is 17.9 Å². The Morgan fingerprint density at radius 1 is 1.30 bits per heavy atom. The summed E-state index contributed by atoms with van der Waals surface area (Å²) < 4.78 is 10.8. The predicted octanol–water partition coefficient (Wildman–Crippen LogP) is 2.76. The largest absolute Gasteiger partial charge is 0.483 e. The molecule has 1 heterocycles. The molecule has 0 saturated heterocycles. The van der Waals surface area contributed by atoms with Crippen LogP contribution >= 0.6 is 0 Å². The molecule has 1 aromatic heterocycles. The topological polar surface area (TPSA) is 60.2 Å². The molecule has 0 spiro atoms. The molecule has 108 valence electrons. The van der Waals surface area contributed by atoms with Crippen molar-refractivity contribution in [3.8, 4) is 5.75 Å². The lowest BCUT2D eigenvalue weighted by atomic mass is 10.1. The van der Waals surface area contributed by atoms with Gasteiger partial charge in [-0.3, -0.25) is 0 Å². The smallest absolute Gasteiger partial charge is 0.264 e. The zero-order valence-electron chi connectivity index (χ0n) is 12.4. The normalized spacial score (nSPS) is 11.1. The van der Waals surface area contributed by atoms with Crippen LogP contribution in [0.5, 0.6) is 5.75 Å². The highest BCUT2D eigenvalue weighted by Crippen LogP contribution is 2.21. The second kappa shape index (κ2) is 6.52. The lowest BCUT2D eigenvalue weighted by Crippen LogP contribution is -2.22. The number of rotatable bonds is 6. The summed E-state index contributed by atoms with van der Waals surface area (Å²) in [6.45, 7) is 9.17. The summed E-state index contributed by atoms with van der Waals surface area (Å²) in [6, 6.07) is 6.58. The quantitative estimate of drug-likeness (QED) is 0.878. The Labute approximate surface area is 119 Å². The zero-order valence-corrected chi connectivity index (χ0v) is 12.4. The van der Waals surface area contributed by atoms with E-state index in [1.807, 2.05) is 12.1 Å². The summed E-state index contributed by atoms with van der Waals surface area (Å²) in [5.74, 6) is 1.96. The molecule has 0 aliphatic rings. The summed E-state index contributed by atoms with van der Waals surface area (Å²) >= 11 is 0. The third-order valence-corrected chi connectivity index (χ3v) is 2.84. The van der Waals surface area contributed by atoms with Gasteiger partial charge >= 0.3 is 0 Å². The van der Waals surface area contributed by atoms with Crippen molar-refractivity contribution in [1.82, 2.24) is 15.5 Å². The molecule has 2 aromatic rings. The Morgan fingerprint density at radius 2 is 2.10 bits per heavy atom. The molecule has 0 atom stereocenters. The molecule has 0 amide bonds. The monoisotopic (exact) mass is 275 g/mol. The molecule has 5 heteroatoms. The van der Waals surface area contributed by atoms with E-state index in [9.17, 15) is 0 Å². The van der Waals surface area contributed by atoms with Crippen LogP contribution in [0, 0.1) is 13.8 Å². The molecular weight excluding hydrogens is 254 g/mol. The van der Waals surface area contributed by atoms with Gasteiger partial charge in [0, 0.05) is 18.2 Å². The van der Waals surface area contributed by atoms with Crippen molar-refractivity contribution in [2.45, 2.75) is 46.9 Å². The van der Waals surface area contributed by atoms with Gasteiger partial charge in [0.2, 0.25) is 0 Å². The van der Waals surface area contributed by atoms with Gasteiger partial charge in [-0.25, -0.2) is 0 Å². The Kier molecular flexibility index (Phi) is 4.74. The SMILES string of the molecule is Cc1ccc(OCc2nc(C)no2)c(CNC(C)C)c1. The molecule has 0 fully saturated rings. The first-order chi connectivity index (χ1) is 9.54. The molecule has 0 radical (unpaired) electrons. The fraction of sp³-hybridized carbons (Fsp3) is 0.467. The molecule has 0 aliphatic carbocycles. The van der Waals surface area contributed by atoms with E-state index in [2.05, 4.69) is 42.3 Å². The molecule has 20 heavy (non-hydrogen) atoms. The van der Waals surface area contributed by atoms with Crippen LogP contribution in [0.25, 0.3) is 0 Å². The fourth-order valence-corrected chi connectivity index (χ4v) is 1.84. The number of hydrogen-bond donors (Lipinski definition) is 1. The van der Waals surface area contributed by atoms with Crippen molar-refractivity contribution in [3.63, 3.8) is 0 Å². The predicted molar refractivity (Wildman–Crippen MR) is 76.5 cm³/mol. The van der Waals surface area contributed by atoms with Crippen LogP contribution in [0.4, 0.5) is 0 Å². The maximum atomic E-state index is 5.79. The zero-order chi connectivity index (χ0) is 14.5. The maximum Gasteiger partial charge on any atom is 0.264 e. The summed E-state index contributed by atoms with van der Waals surface area (Å²) in [6.07, 6.45) is 0. The van der Waals surface area contributed by atoms with Gasteiger partial charge in [0.15, 0.2) is 12.4 Å². The number of nitrogens with zero attached hydrogens (tertiary/aromatic N) is 2. The first-order valence-electron chi connectivity index (χ1n) is 6.79. The van der Waals surface area contributed by atoms with E-state index in [-0.39, 0.29) is 0 Å². The number of aromatic nitrogens is 2. The van der Waals surface area contributed by atoms with Crippen molar-refractivity contribution in [2.75, 3.05) is 0 Å². The van der Waals surface area contributed by atoms with Crippen LogP contribution in [0.15, 0.2) is 22.7 Å². The van der Waals surface area contributed by atoms with Crippen LogP contribution in [0.3, 0.4) is 0 Å². The van der Waals surface area contributed by atoms with E-state index in [4.69, 9.17) is 9.26 Å². The Balaban J connectivity index is 2.05. The molecule has 0 bridgehead atoms. The second-order valence-corrected chi connectivity index (χ2v) is 5.17. The van der Waals surface area contributed by atoms with Crippen molar-refractivity contribution in [3.05, 3.63) is 41.0 Å². The van der Waals surface area contributed by atoms with Gasteiger partial charge < -0.3 is 14.6 Å².